The Hall–Kier alpha value is -1.84. The van der Waals surface area contributed by atoms with Gasteiger partial charge in [-0.2, -0.15) is 8.78 Å². The van der Waals surface area contributed by atoms with E-state index in [0.29, 0.717) is 13.2 Å². The first-order valence-electron chi connectivity index (χ1n) is 8.63. The lowest BCUT2D eigenvalue weighted by Crippen LogP contribution is -2.47. The van der Waals surface area contributed by atoms with Crippen LogP contribution in [0, 0.1) is 5.41 Å². The molecule has 1 saturated heterocycles. The lowest BCUT2D eigenvalue weighted by Gasteiger charge is -2.37. The maximum absolute atomic E-state index is 12.6. The number of carbonyl (C=O) groups excluding carboxylic acids is 1. The quantitative estimate of drug-likeness (QED) is 0.634. The van der Waals surface area contributed by atoms with Gasteiger partial charge < -0.3 is 29.6 Å². The molecule has 0 aromatic heterocycles. The van der Waals surface area contributed by atoms with E-state index in [9.17, 15) is 13.6 Å². The molecule has 10 heteroatoms. The average Bonchev–Trinajstić information content (AvgIpc) is 2.66. The number of halogens is 3. The van der Waals surface area contributed by atoms with Gasteiger partial charge in [-0.3, -0.25) is 4.79 Å². The van der Waals surface area contributed by atoms with E-state index in [0.717, 1.165) is 25.9 Å². The number of benzene rings is 1. The first-order valence-corrected chi connectivity index (χ1v) is 8.63. The molecule has 0 saturated carbocycles. The number of hydrogen-bond donors (Lipinski definition) is 2. The number of methoxy groups -OCH3 is 3. The first-order chi connectivity index (χ1) is 12.9. The largest absolute Gasteiger partial charge is 0.493 e. The maximum atomic E-state index is 12.6. The predicted octanol–water partition coefficient (Wildman–Crippen LogP) is 2.47. The first kappa shape index (κ1) is 24.2. The molecule has 0 spiro atoms. The smallest absolute Gasteiger partial charge is 0.387 e. The predicted molar refractivity (Wildman–Crippen MR) is 102 cm³/mol. The van der Waals surface area contributed by atoms with Gasteiger partial charge in [0.15, 0.2) is 11.5 Å². The van der Waals surface area contributed by atoms with Gasteiger partial charge in [0.25, 0.3) is 5.91 Å². The zero-order valence-corrected chi connectivity index (χ0v) is 17.0. The summed E-state index contributed by atoms with van der Waals surface area (Å²) in [5.41, 5.74) is 0.0922. The number of carbonyl (C=O) groups is 1. The van der Waals surface area contributed by atoms with Crippen LogP contribution in [0.5, 0.6) is 17.2 Å². The summed E-state index contributed by atoms with van der Waals surface area (Å²) in [4.78, 5) is 12.6. The Kier molecular flexibility index (Phi) is 9.71. The summed E-state index contributed by atoms with van der Waals surface area (Å²) in [6, 6.07) is 2.70. The molecule has 0 unspecified atom stereocenters. The fourth-order valence-electron chi connectivity index (χ4n) is 3.22. The van der Waals surface area contributed by atoms with Crippen LogP contribution >= 0.6 is 12.4 Å². The molecule has 28 heavy (non-hydrogen) atoms. The number of rotatable bonds is 9. The van der Waals surface area contributed by atoms with Gasteiger partial charge in [-0.1, -0.05) is 0 Å². The zero-order valence-electron chi connectivity index (χ0n) is 16.2. The van der Waals surface area contributed by atoms with Gasteiger partial charge in [-0.15, -0.1) is 12.4 Å². The minimum Gasteiger partial charge on any atom is -0.493 e. The summed E-state index contributed by atoms with van der Waals surface area (Å²) in [5.74, 6) is -0.619. The molecule has 2 rings (SSSR count). The van der Waals surface area contributed by atoms with Gasteiger partial charge in [0.1, 0.15) is 0 Å². The van der Waals surface area contributed by atoms with Crippen LogP contribution in [-0.4, -0.2) is 60.1 Å². The lowest BCUT2D eigenvalue weighted by molar-refractivity contribution is -0.0526. The molecule has 7 nitrogen and oxygen atoms in total. The summed E-state index contributed by atoms with van der Waals surface area (Å²) in [7, 11) is 4.25. The fourth-order valence-corrected chi connectivity index (χ4v) is 3.22. The monoisotopic (exact) mass is 424 g/mol. The van der Waals surface area contributed by atoms with Gasteiger partial charge in [0.2, 0.25) is 5.75 Å². The van der Waals surface area contributed by atoms with Crippen LogP contribution in [0.1, 0.15) is 23.2 Å². The Morgan fingerprint density at radius 3 is 2.21 bits per heavy atom. The Morgan fingerprint density at radius 2 is 1.75 bits per heavy atom. The van der Waals surface area contributed by atoms with Crippen LogP contribution in [0.25, 0.3) is 0 Å². The summed E-state index contributed by atoms with van der Waals surface area (Å²) in [5, 5.41) is 6.20. The highest BCUT2D eigenvalue weighted by molar-refractivity contribution is 5.95. The summed E-state index contributed by atoms with van der Waals surface area (Å²) >= 11 is 0. The van der Waals surface area contributed by atoms with E-state index < -0.39 is 6.61 Å². The van der Waals surface area contributed by atoms with E-state index in [1.54, 1.807) is 7.11 Å². The number of ether oxygens (including phenoxy) is 4. The third-order valence-corrected chi connectivity index (χ3v) is 4.67. The molecule has 1 heterocycles. The van der Waals surface area contributed by atoms with Crippen LogP contribution in [0.2, 0.25) is 0 Å². The van der Waals surface area contributed by atoms with Crippen LogP contribution in [-0.2, 0) is 4.74 Å². The molecule has 1 amide bonds. The van der Waals surface area contributed by atoms with Crippen molar-refractivity contribution >= 4 is 18.3 Å². The fraction of sp³-hybridized carbons (Fsp3) is 0.611. The average molecular weight is 425 g/mol. The molecule has 0 bridgehead atoms. The molecule has 1 fully saturated rings. The Balaban J connectivity index is 0.00000392. The Labute approximate surface area is 169 Å². The van der Waals surface area contributed by atoms with E-state index in [1.807, 2.05) is 0 Å². The second-order valence-corrected chi connectivity index (χ2v) is 6.45. The van der Waals surface area contributed by atoms with E-state index >= 15 is 0 Å². The number of alkyl halides is 2. The molecular weight excluding hydrogens is 398 g/mol. The molecule has 1 aromatic rings. The topological polar surface area (TPSA) is 78.1 Å². The second kappa shape index (κ2) is 11.2. The molecule has 2 N–H and O–H groups in total. The van der Waals surface area contributed by atoms with Crippen LogP contribution in [0.3, 0.4) is 0 Å². The molecule has 0 atom stereocenters. The molecule has 160 valence electrons. The van der Waals surface area contributed by atoms with Crippen molar-refractivity contribution in [1.29, 1.82) is 0 Å². The van der Waals surface area contributed by atoms with Crippen molar-refractivity contribution in [2.75, 3.05) is 47.6 Å². The molecule has 0 aliphatic carbocycles. The zero-order chi connectivity index (χ0) is 19.9. The van der Waals surface area contributed by atoms with Gasteiger partial charge in [0, 0.05) is 24.6 Å². The van der Waals surface area contributed by atoms with Gasteiger partial charge in [0.05, 0.1) is 20.8 Å². The van der Waals surface area contributed by atoms with Gasteiger partial charge in [-0.05, 0) is 38.1 Å². The Bertz CT molecular complexity index is 612. The number of hydrogen-bond acceptors (Lipinski definition) is 6. The molecular formula is C18H27ClF2N2O5. The minimum absolute atomic E-state index is 0. The van der Waals surface area contributed by atoms with Crippen molar-refractivity contribution in [2.24, 2.45) is 5.41 Å². The van der Waals surface area contributed by atoms with Crippen molar-refractivity contribution in [3.63, 3.8) is 0 Å². The number of piperidine rings is 1. The SMILES string of the molecule is COCC1(CNC(=O)c2cc(OC)c(OC(F)F)c(OC)c2)CCNCC1.Cl. The van der Waals surface area contributed by atoms with E-state index in [4.69, 9.17) is 14.2 Å². The third kappa shape index (κ3) is 6.08. The van der Waals surface area contributed by atoms with Crippen molar-refractivity contribution in [3.05, 3.63) is 17.7 Å². The maximum Gasteiger partial charge on any atom is 0.387 e. The van der Waals surface area contributed by atoms with Crippen molar-refractivity contribution in [3.8, 4) is 17.2 Å². The summed E-state index contributed by atoms with van der Waals surface area (Å²) in [6.07, 6.45) is 1.77. The highest BCUT2D eigenvalue weighted by Gasteiger charge is 2.32. The minimum atomic E-state index is -3.04. The number of nitrogens with one attached hydrogen (secondary N) is 2. The van der Waals surface area contributed by atoms with Crippen LogP contribution < -0.4 is 24.8 Å². The highest BCUT2D eigenvalue weighted by atomic mass is 35.5. The van der Waals surface area contributed by atoms with E-state index in [1.165, 1.54) is 26.4 Å². The molecule has 1 aromatic carbocycles. The van der Waals surface area contributed by atoms with Crippen LogP contribution in [0.4, 0.5) is 8.78 Å². The van der Waals surface area contributed by atoms with Crippen molar-refractivity contribution < 1.29 is 32.5 Å². The Morgan fingerprint density at radius 1 is 1.18 bits per heavy atom. The lowest BCUT2D eigenvalue weighted by atomic mass is 9.79. The second-order valence-electron chi connectivity index (χ2n) is 6.45. The summed E-state index contributed by atoms with van der Waals surface area (Å²) < 4.78 is 45.2. The standard InChI is InChI=1S/C18H26F2N2O5.ClH/c1-24-11-18(4-6-21-7-5-18)10-22-16(23)12-8-13(25-2)15(27-17(19)20)14(9-12)26-3;/h8-9,17,21H,4-7,10-11H2,1-3H3,(H,22,23);1H. The van der Waals surface area contributed by atoms with E-state index in [-0.39, 0.29) is 46.5 Å². The molecule has 1 aliphatic rings. The number of amides is 1. The van der Waals surface area contributed by atoms with Crippen LogP contribution in [0.15, 0.2) is 12.1 Å². The summed E-state index contributed by atoms with van der Waals surface area (Å²) in [6.45, 7) is -0.327. The third-order valence-electron chi connectivity index (χ3n) is 4.67. The molecule has 1 aliphatic heterocycles. The van der Waals surface area contributed by atoms with Crippen molar-refractivity contribution in [1.82, 2.24) is 10.6 Å². The van der Waals surface area contributed by atoms with Crippen molar-refractivity contribution in [2.45, 2.75) is 19.5 Å². The normalized spacial score (nSPS) is 15.5. The van der Waals surface area contributed by atoms with Gasteiger partial charge in [-0.25, -0.2) is 0 Å². The highest BCUT2D eigenvalue weighted by Crippen LogP contribution is 2.39. The molecule has 0 radical (unpaired) electrons. The van der Waals surface area contributed by atoms with Gasteiger partial charge >= 0.3 is 6.61 Å². The van der Waals surface area contributed by atoms with E-state index in [2.05, 4.69) is 15.4 Å².